The fourth-order valence-electron chi connectivity index (χ4n) is 2.83. The minimum absolute atomic E-state index is 0.0612. The van der Waals surface area contributed by atoms with E-state index in [9.17, 15) is 4.79 Å². The number of nitrogens with zero attached hydrogens (tertiary/aromatic N) is 1. The number of amides is 1. The van der Waals surface area contributed by atoms with Gasteiger partial charge in [0.25, 0.3) is 0 Å². The molecule has 1 aliphatic carbocycles. The first-order valence-electron chi connectivity index (χ1n) is 7.63. The fourth-order valence-corrected chi connectivity index (χ4v) is 2.83. The van der Waals surface area contributed by atoms with Crippen molar-refractivity contribution < 1.29 is 4.79 Å². The molecule has 1 unspecified atom stereocenters. The van der Waals surface area contributed by atoms with Crippen molar-refractivity contribution in [2.75, 3.05) is 13.1 Å². The summed E-state index contributed by atoms with van der Waals surface area (Å²) < 4.78 is 0. The molecule has 0 aliphatic heterocycles. The number of carbonyl (C=O) groups is 1. The molecule has 4 heteroatoms. The SMILES string of the molecule is CC(C(=O)NC(C)(C)C)N(CCCN)C1CCCC1. The third-order valence-corrected chi connectivity index (χ3v) is 3.79. The zero-order chi connectivity index (χ0) is 14.5. The van der Waals surface area contributed by atoms with Gasteiger partial charge in [-0.05, 0) is 53.5 Å². The molecule has 112 valence electrons. The summed E-state index contributed by atoms with van der Waals surface area (Å²) in [6.45, 7) is 9.72. The molecule has 0 aromatic rings. The van der Waals surface area contributed by atoms with Crippen LogP contribution in [0.4, 0.5) is 0 Å². The van der Waals surface area contributed by atoms with Crippen LogP contribution in [0.15, 0.2) is 0 Å². The van der Waals surface area contributed by atoms with E-state index in [1.165, 1.54) is 25.7 Å². The summed E-state index contributed by atoms with van der Waals surface area (Å²) in [6, 6.07) is 0.501. The minimum Gasteiger partial charge on any atom is -0.350 e. The van der Waals surface area contributed by atoms with Crippen LogP contribution in [0.2, 0.25) is 0 Å². The van der Waals surface area contributed by atoms with E-state index in [-0.39, 0.29) is 17.5 Å². The predicted octanol–water partition coefficient (Wildman–Crippen LogP) is 1.88. The number of nitrogens with two attached hydrogens (primary N) is 1. The van der Waals surface area contributed by atoms with Crippen LogP contribution in [-0.4, -0.2) is 41.5 Å². The molecule has 1 rings (SSSR count). The van der Waals surface area contributed by atoms with Crippen LogP contribution in [0.5, 0.6) is 0 Å². The molecule has 0 spiro atoms. The van der Waals surface area contributed by atoms with Crippen molar-refractivity contribution in [1.29, 1.82) is 0 Å². The Morgan fingerprint density at radius 1 is 1.37 bits per heavy atom. The molecule has 1 aliphatic rings. The first-order chi connectivity index (χ1) is 8.85. The standard InChI is InChI=1S/C15H31N3O/c1-12(14(19)17-15(2,3)4)18(11-7-10-16)13-8-5-6-9-13/h12-13H,5-11,16H2,1-4H3,(H,17,19). The van der Waals surface area contributed by atoms with Crippen LogP contribution < -0.4 is 11.1 Å². The first-order valence-corrected chi connectivity index (χ1v) is 7.63. The zero-order valence-electron chi connectivity index (χ0n) is 13.0. The summed E-state index contributed by atoms with van der Waals surface area (Å²) in [7, 11) is 0. The van der Waals surface area contributed by atoms with E-state index in [2.05, 4.69) is 10.2 Å². The Morgan fingerprint density at radius 2 is 1.95 bits per heavy atom. The summed E-state index contributed by atoms with van der Waals surface area (Å²) in [5, 5.41) is 3.09. The quantitative estimate of drug-likeness (QED) is 0.774. The molecular formula is C15H31N3O. The van der Waals surface area contributed by atoms with Gasteiger partial charge < -0.3 is 11.1 Å². The van der Waals surface area contributed by atoms with E-state index in [4.69, 9.17) is 5.73 Å². The van der Waals surface area contributed by atoms with Gasteiger partial charge in [0, 0.05) is 18.1 Å². The largest absolute Gasteiger partial charge is 0.350 e. The molecule has 3 N–H and O–H groups in total. The Hall–Kier alpha value is -0.610. The Labute approximate surface area is 118 Å². The maximum atomic E-state index is 12.3. The molecule has 4 nitrogen and oxygen atoms in total. The maximum absolute atomic E-state index is 12.3. The maximum Gasteiger partial charge on any atom is 0.237 e. The Balaban J connectivity index is 2.64. The molecule has 1 amide bonds. The Bertz CT molecular complexity index is 280. The first kappa shape index (κ1) is 16.4. The molecule has 0 aromatic heterocycles. The lowest BCUT2D eigenvalue weighted by Gasteiger charge is -2.35. The van der Waals surface area contributed by atoms with Gasteiger partial charge in [-0.3, -0.25) is 9.69 Å². The summed E-state index contributed by atoms with van der Waals surface area (Å²) in [5.41, 5.74) is 5.46. The van der Waals surface area contributed by atoms with E-state index in [0.717, 1.165) is 13.0 Å². The summed E-state index contributed by atoms with van der Waals surface area (Å²) in [5.74, 6) is 0.136. The monoisotopic (exact) mass is 269 g/mol. The van der Waals surface area contributed by atoms with E-state index in [1.54, 1.807) is 0 Å². The van der Waals surface area contributed by atoms with Crippen LogP contribution in [0.25, 0.3) is 0 Å². The minimum atomic E-state index is -0.166. The Kier molecular flexibility index (Phi) is 6.27. The van der Waals surface area contributed by atoms with Crippen LogP contribution >= 0.6 is 0 Å². The third kappa shape index (κ3) is 5.49. The van der Waals surface area contributed by atoms with Gasteiger partial charge in [0.15, 0.2) is 0 Å². The lowest BCUT2D eigenvalue weighted by molar-refractivity contribution is -0.128. The summed E-state index contributed by atoms with van der Waals surface area (Å²) in [4.78, 5) is 14.7. The van der Waals surface area contributed by atoms with Crippen molar-refractivity contribution in [2.45, 2.75) is 77.4 Å². The number of carbonyl (C=O) groups excluding carboxylic acids is 1. The third-order valence-electron chi connectivity index (χ3n) is 3.79. The highest BCUT2D eigenvalue weighted by atomic mass is 16.2. The molecular weight excluding hydrogens is 238 g/mol. The van der Waals surface area contributed by atoms with Gasteiger partial charge in [-0.1, -0.05) is 12.8 Å². The van der Waals surface area contributed by atoms with Gasteiger partial charge >= 0.3 is 0 Å². The topological polar surface area (TPSA) is 58.4 Å². The summed E-state index contributed by atoms with van der Waals surface area (Å²) in [6.07, 6.45) is 5.98. The van der Waals surface area contributed by atoms with Crippen molar-refractivity contribution in [3.05, 3.63) is 0 Å². The molecule has 1 saturated carbocycles. The van der Waals surface area contributed by atoms with Crippen LogP contribution in [0.1, 0.15) is 59.8 Å². The smallest absolute Gasteiger partial charge is 0.237 e. The molecule has 0 aromatic carbocycles. The fraction of sp³-hybridized carbons (Fsp3) is 0.933. The average molecular weight is 269 g/mol. The van der Waals surface area contributed by atoms with E-state index >= 15 is 0 Å². The molecule has 19 heavy (non-hydrogen) atoms. The lowest BCUT2D eigenvalue weighted by Crippen LogP contribution is -2.53. The van der Waals surface area contributed by atoms with Crippen molar-refractivity contribution in [2.24, 2.45) is 5.73 Å². The lowest BCUT2D eigenvalue weighted by atomic mass is 10.1. The molecule has 1 fully saturated rings. The molecule has 0 bridgehead atoms. The molecule has 0 heterocycles. The summed E-state index contributed by atoms with van der Waals surface area (Å²) >= 11 is 0. The van der Waals surface area contributed by atoms with E-state index in [1.807, 2.05) is 27.7 Å². The molecule has 0 saturated heterocycles. The van der Waals surface area contributed by atoms with Gasteiger partial charge in [0.2, 0.25) is 5.91 Å². The van der Waals surface area contributed by atoms with Crippen molar-refractivity contribution in [3.63, 3.8) is 0 Å². The predicted molar refractivity (Wildman–Crippen MR) is 80.0 cm³/mol. The highest BCUT2D eigenvalue weighted by Crippen LogP contribution is 2.25. The zero-order valence-corrected chi connectivity index (χ0v) is 13.0. The molecule has 1 atom stereocenters. The van der Waals surface area contributed by atoms with Crippen molar-refractivity contribution in [3.8, 4) is 0 Å². The van der Waals surface area contributed by atoms with Gasteiger partial charge in [-0.25, -0.2) is 0 Å². The number of nitrogens with one attached hydrogen (secondary N) is 1. The van der Waals surface area contributed by atoms with Gasteiger partial charge in [-0.2, -0.15) is 0 Å². The van der Waals surface area contributed by atoms with E-state index < -0.39 is 0 Å². The van der Waals surface area contributed by atoms with Crippen LogP contribution in [0, 0.1) is 0 Å². The van der Waals surface area contributed by atoms with Crippen LogP contribution in [-0.2, 0) is 4.79 Å². The second-order valence-electron chi connectivity index (χ2n) is 6.73. The highest BCUT2D eigenvalue weighted by molar-refractivity contribution is 5.82. The average Bonchev–Trinajstić information content (AvgIpc) is 2.80. The van der Waals surface area contributed by atoms with Crippen molar-refractivity contribution in [1.82, 2.24) is 10.2 Å². The number of hydrogen-bond donors (Lipinski definition) is 2. The van der Waals surface area contributed by atoms with Crippen molar-refractivity contribution >= 4 is 5.91 Å². The normalized spacial score (nSPS) is 18.8. The van der Waals surface area contributed by atoms with Crippen LogP contribution in [0.3, 0.4) is 0 Å². The number of rotatable bonds is 6. The highest BCUT2D eigenvalue weighted by Gasteiger charge is 2.30. The Morgan fingerprint density at radius 3 is 2.42 bits per heavy atom. The van der Waals surface area contributed by atoms with Gasteiger partial charge in [-0.15, -0.1) is 0 Å². The number of hydrogen-bond acceptors (Lipinski definition) is 3. The second-order valence-corrected chi connectivity index (χ2v) is 6.73. The van der Waals surface area contributed by atoms with Gasteiger partial charge in [0.1, 0.15) is 0 Å². The molecule has 0 radical (unpaired) electrons. The van der Waals surface area contributed by atoms with Gasteiger partial charge in [0.05, 0.1) is 6.04 Å². The second kappa shape index (κ2) is 7.25. The van der Waals surface area contributed by atoms with E-state index in [0.29, 0.717) is 12.6 Å².